The van der Waals surface area contributed by atoms with E-state index in [1.165, 1.54) is 0 Å². The number of aliphatic hydroxyl groups is 1. The number of carbonyl (C=O) groups excluding carboxylic acids is 2. The predicted molar refractivity (Wildman–Crippen MR) is 152 cm³/mol. The Morgan fingerprint density at radius 1 is 0.850 bits per heavy atom. The van der Waals surface area contributed by atoms with Crippen molar-refractivity contribution in [3.8, 4) is 5.75 Å². The first-order chi connectivity index (χ1) is 19.1. The molecule has 0 heterocycles. The first-order valence-electron chi connectivity index (χ1n) is 13.0. The topological polar surface area (TPSA) is 125 Å². The van der Waals surface area contributed by atoms with Gasteiger partial charge in [0.15, 0.2) is 4.98 Å². The van der Waals surface area contributed by atoms with Crippen molar-refractivity contribution >= 4 is 12.0 Å². The van der Waals surface area contributed by atoms with Crippen molar-refractivity contribution in [2.24, 2.45) is 0 Å². The molecule has 9 nitrogen and oxygen atoms in total. The van der Waals surface area contributed by atoms with E-state index in [1.54, 1.807) is 12.1 Å². The van der Waals surface area contributed by atoms with Crippen LogP contribution in [0.5, 0.6) is 5.75 Å². The highest BCUT2D eigenvalue weighted by Crippen LogP contribution is 2.20. The minimum atomic E-state index is -1.00. The molecule has 0 unspecified atom stereocenters. The summed E-state index contributed by atoms with van der Waals surface area (Å²) in [5.41, 5.74) is 2.06. The summed E-state index contributed by atoms with van der Waals surface area (Å²) in [6, 6.07) is 23.7. The molecule has 0 spiro atoms. The van der Waals surface area contributed by atoms with Gasteiger partial charge in [-0.3, -0.25) is 4.79 Å². The fraction of sp³-hybridized carbons (Fsp3) is 0.290. The zero-order valence-corrected chi connectivity index (χ0v) is 22.9. The van der Waals surface area contributed by atoms with Gasteiger partial charge in [-0.2, -0.15) is 0 Å². The fourth-order valence-electron chi connectivity index (χ4n) is 3.90. The Morgan fingerprint density at radius 2 is 1.40 bits per heavy atom. The van der Waals surface area contributed by atoms with Crippen molar-refractivity contribution in [3.05, 3.63) is 119 Å². The van der Waals surface area contributed by atoms with Gasteiger partial charge in [-0.25, -0.2) is 4.79 Å². The SMILES string of the molecule is CC(C)(C)Oc1ccc(C[C@H](NC(=O)[C@H](Cc2ccccc2)NC(=O)OCc2ccccc2)/C(O)=C/[N+]#N)cc1. The lowest BCUT2D eigenvalue weighted by Crippen LogP contribution is -2.51. The van der Waals surface area contributed by atoms with Gasteiger partial charge < -0.3 is 25.2 Å². The van der Waals surface area contributed by atoms with Crippen molar-refractivity contribution in [1.82, 2.24) is 10.6 Å². The Morgan fingerprint density at radius 3 is 1.98 bits per heavy atom. The quantitative estimate of drug-likeness (QED) is 0.211. The molecule has 3 rings (SSSR count). The molecule has 208 valence electrons. The molecule has 0 bridgehead atoms. The van der Waals surface area contributed by atoms with Gasteiger partial charge >= 0.3 is 12.3 Å². The Labute approximate surface area is 234 Å². The second kappa shape index (κ2) is 14.4. The highest BCUT2D eigenvalue weighted by atomic mass is 16.5. The Hall–Kier alpha value is -4.84. The summed E-state index contributed by atoms with van der Waals surface area (Å²) in [4.78, 5) is 29.0. The third kappa shape index (κ3) is 10.1. The smallest absolute Gasteiger partial charge is 0.408 e. The van der Waals surface area contributed by atoms with Gasteiger partial charge in [0.2, 0.25) is 17.1 Å². The molecule has 3 N–H and O–H groups in total. The molecule has 0 radical (unpaired) electrons. The summed E-state index contributed by atoms with van der Waals surface area (Å²) in [7, 11) is 0. The molecule has 0 fully saturated rings. The second-order valence-corrected chi connectivity index (χ2v) is 10.2. The first-order valence-corrected chi connectivity index (χ1v) is 13.0. The lowest BCUT2D eigenvalue weighted by molar-refractivity contribution is -0.123. The average molecular weight is 544 g/mol. The molecule has 3 aromatic rings. The lowest BCUT2D eigenvalue weighted by atomic mass is 10.0. The van der Waals surface area contributed by atoms with Crippen LogP contribution < -0.4 is 15.4 Å². The van der Waals surface area contributed by atoms with E-state index >= 15 is 0 Å². The molecule has 2 atom stereocenters. The third-order valence-corrected chi connectivity index (χ3v) is 5.75. The van der Waals surface area contributed by atoms with Crippen molar-refractivity contribution in [2.75, 3.05) is 0 Å². The molecular weight excluding hydrogens is 508 g/mol. The van der Waals surface area contributed by atoms with E-state index in [0.717, 1.165) is 22.9 Å². The van der Waals surface area contributed by atoms with Crippen LogP contribution in [-0.2, 0) is 29.0 Å². The molecule has 0 aliphatic carbocycles. The van der Waals surface area contributed by atoms with Crippen molar-refractivity contribution in [1.29, 1.82) is 5.39 Å². The summed E-state index contributed by atoms with van der Waals surface area (Å²) < 4.78 is 11.2. The number of aliphatic hydroxyl groups excluding tert-OH is 1. The summed E-state index contributed by atoms with van der Waals surface area (Å²) in [6.07, 6.45) is 0.482. The highest BCUT2D eigenvalue weighted by Gasteiger charge is 2.27. The summed E-state index contributed by atoms with van der Waals surface area (Å²) in [6.45, 7) is 5.90. The number of diazo groups is 1. The van der Waals surface area contributed by atoms with E-state index in [-0.39, 0.29) is 30.8 Å². The molecule has 0 saturated heterocycles. The minimum absolute atomic E-state index is 0.0471. The molecule has 9 heteroatoms. The number of nitrogens with one attached hydrogen (secondary N) is 2. The van der Waals surface area contributed by atoms with Gasteiger partial charge in [0.1, 0.15) is 24.0 Å². The van der Waals surface area contributed by atoms with Crippen molar-refractivity contribution < 1.29 is 24.2 Å². The van der Waals surface area contributed by atoms with Crippen LogP contribution in [0.2, 0.25) is 0 Å². The predicted octanol–water partition coefficient (Wildman–Crippen LogP) is 5.68. The number of benzene rings is 3. The number of hydrogen-bond acceptors (Lipinski definition) is 6. The zero-order chi connectivity index (χ0) is 29.0. The minimum Gasteiger partial charge on any atom is -0.504 e. The van der Waals surface area contributed by atoms with Gasteiger partial charge in [-0.15, -0.1) is 0 Å². The largest absolute Gasteiger partial charge is 0.504 e. The van der Waals surface area contributed by atoms with Gasteiger partial charge in [0.25, 0.3) is 0 Å². The molecule has 0 aliphatic rings. The van der Waals surface area contributed by atoms with E-state index in [2.05, 4.69) is 15.6 Å². The van der Waals surface area contributed by atoms with E-state index in [0.29, 0.717) is 5.75 Å². The van der Waals surface area contributed by atoms with Crippen LogP contribution in [0.25, 0.3) is 4.98 Å². The Bertz CT molecular complexity index is 1310. The number of alkyl carbamates (subject to hydrolysis) is 1. The van der Waals surface area contributed by atoms with Crippen molar-refractivity contribution in [2.45, 2.75) is 57.9 Å². The van der Waals surface area contributed by atoms with Crippen LogP contribution in [0.15, 0.2) is 96.9 Å². The third-order valence-electron chi connectivity index (χ3n) is 5.75. The van der Waals surface area contributed by atoms with Crippen LogP contribution >= 0.6 is 0 Å². The van der Waals surface area contributed by atoms with Crippen LogP contribution in [0.4, 0.5) is 4.79 Å². The van der Waals surface area contributed by atoms with E-state index in [1.807, 2.05) is 93.6 Å². The molecule has 0 aromatic heterocycles. The number of nitrogens with zero attached hydrogens (tertiary/aromatic N) is 2. The van der Waals surface area contributed by atoms with Crippen LogP contribution in [0.3, 0.4) is 0 Å². The molecular formula is C31H35N4O5+. The standard InChI is InChI=1S/C31H34N4O5/c1-31(2,3)40-25-16-14-23(15-17-25)18-26(28(36)20-33-32)34-29(37)27(19-22-10-6-4-7-11-22)35-30(38)39-21-24-12-8-5-9-13-24/h4-17,20,26-27H,18-19,21H2,1-3H3,(H2-,34,35,36,37,38)/p+1/b28-20-/t26-,27-/m0/s1. The summed E-state index contributed by atoms with van der Waals surface area (Å²) in [5, 5.41) is 25.0. The maximum Gasteiger partial charge on any atom is 0.408 e. The second-order valence-electron chi connectivity index (χ2n) is 10.2. The maximum absolute atomic E-state index is 13.4. The van der Waals surface area contributed by atoms with Gasteiger partial charge in [0, 0.05) is 12.8 Å². The molecule has 40 heavy (non-hydrogen) atoms. The van der Waals surface area contributed by atoms with E-state index in [4.69, 9.17) is 14.9 Å². The number of amides is 2. The summed E-state index contributed by atoms with van der Waals surface area (Å²) in [5.74, 6) is -0.213. The van der Waals surface area contributed by atoms with Crippen LogP contribution in [0.1, 0.15) is 37.5 Å². The maximum atomic E-state index is 13.4. The zero-order valence-electron chi connectivity index (χ0n) is 22.9. The van der Waals surface area contributed by atoms with Crippen molar-refractivity contribution in [3.63, 3.8) is 0 Å². The number of ether oxygens (including phenoxy) is 2. The Kier molecular flexibility index (Phi) is 10.7. The number of rotatable bonds is 11. The normalized spacial score (nSPS) is 12.9. The van der Waals surface area contributed by atoms with Gasteiger partial charge in [-0.1, -0.05) is 72.8 Å². The van der Waals surface area contributed by atoms with E-state index in [9.17, 15) is 14.7 Å². The highest BCUT2D eigenvalue weighted by molar-refractivity contribution is 5.86. The van der Waals surface area contributed by atoms with Crippen LogP contribution in [-0.4, -0.2) is 34.8 Å². The molecule has 0 aliphatic heterocycles. The monoisotopic (exact) mass is 543 g/mol. The Balaban J connectivity index is 1.74. The lowest BCUT2D eigenvalue weighted by Gasteiger charge is -2.23. The summed E-state index contributed by atoms with van der Waals surface area (Å²) >= 11 is 0. The van der Waals surface area contributed by atoms with Gasteiger partial charge in [-0.05, 0) is 49.6 Å². The van der Waals surface area contributed by atoms with E-state index < -0.39 is 24.1 Å². The number of hydrogen-bond donors (Lipinski definition) is 3. The fourth-order valence-corrected chi connectivity index (χ4v) is 3.90. The first kappa shape index (κ1) is 29.7. The number of carbonyl (C=O) groups is 2. The average Bonchev–Trinajstić information content (AvgIpc) is 2.92. The molecule has 3 aromatic carbocycles. The molecule has 2 amide bonds. The molecule has 0 saturated carbocycles. The van der Waals surface area contributed by atoms with Gasteiger partial charge in [0.05, 0.1) is 6.04 Å². The van der Waals surface area contributed by atoms with Crippen LogP contribution in [0, 0.1) is 5.39 Å².